The minimum absolute atomic E-state index is 0.612. The molecule has 1 aliphatic heterocycles. The van der Waals surface area contributed by atoms with Gasteiger partial charge in [0.25, 0.3) is 0 Å². The number of likely N-dealkylation sites (N-methyl/N-ethyl adjacent to an activating group) is 1. The highest BCUT2D eigenvalue weighted by molar-refractivity contribution is 5.30. The molecule has 0 saturated carbocycles. The van der Waals surface area contributed by atoms with Gasteiger partial charge in [0.1, 0.15) is 0 Å². The van der Waals surface area contributed by atoms with Gasteiger partial charge in [-0.2, -0.15) is 0 Å². The molecule has 2 N–H and O–H groups in total. The van der Waals surface area contributed by atoms with E-state index in [9.17, 15) is 0 Å². The van der Waals surface area contributed by atoms with E-state index in [1.807, 2.05) is 7.05 Å². The van der Waals surface area contributed by atoms with Crippen molar-refractivity contribution >= 4 is 0 Å². The number of nitrogens with one attached hydrogen (secondary N) is 2. The van der Waals surface area contributed by atoms with Crippen LogP contribution in [-0.4, -0.2) is 26.7 Å². The lowest BCUT2D eigenvalue weighted by Crippen LogP contribution is -2.28. The number of hydrogen-bond acceptors (Lipinski definition) is 2. The van der Waals surface area contributed by atoms with Gasteiger partial charge in [0.15, 0.2) is 0 Å². The third kappa shape index (κ3) is 3.80. The standard InChI is InChI=1S/C17H28N2/c1-13(2)17(12-18-3)15-7-4-6-14(10-15)16-8-5-9-19-11-16/h4,6-7,10,13,16-19H,5,8-9,11-12H2,1-3H3. The Labute approximate surface area is 118 Å². The van der Waals surface area contributed by atoms with E-state index in [0.717, 1.165) is 13.1 Å². The molecule has 1 aromatic rings. The predicted molar refractivity (Wildman–Crippen MR) is 82.8 cm³/mol. The highest BCUT2D eigenvalue weighted by Crippen LogP contribution is 2.29. The second kappa shape index (κ2) is 7.06. The molecule has 0 radical (unpaired) electrons. The molecule has 0 aromatic heterocycles. The fraction of sp³-hybridized carbons (Fsp3) is 0.647. The molecular weight excluding hydrogens is 232 g/mol. The lowest BCUT2D eigenvalue weighted by atomic mass is 9.84. The van der Waals surface area contributed by atoms with E-state index in [2.05, 4.69) is 48.7 Å². The highest BCUT2D eigenvalue weighted by Gasteiger charge is 2.19. The molecule has 2 nitrogen and oxygen atoms in total. The molecule has 0 spiro atoms. The molecule has 0 amide bonds. The molecule has 2 heteroatoms. The van der Waals surface area contributed by atoms with Crippen LogP contribution in [-0.2, 0) is 0 Å². The maximum absolute atomic E-state index is 3.52. The van der Waals surface area contributed by atoms with Crippen LogP contribution >= 0.6 is 0 Å². The van der Waals surface area contributed by atoms with Gasteiger partial charge < -0.3 is 10.6 Å². The molecule has 0 aliphatic carbocycles. The van der Waals surface area contributed by atoms with Gasteiger partial charge in [-0.3, -0.25) is 0 Å². The van der Waals surface area contributed by atoms with E-state index in [1.165, 1.54) is 30.5 Å². The summed E-state index contributed by atoms with van der Waals surface area (Å²) in [5.74, 6) is 1.99. The first-order chi connectivity index (χ1) is 9.22. The van der Waals surface area contributed by atoms with Crippen LogP contribution in [0.2, 0.25) is 0 Å². The van der Waals surface area contributed by atoms with E-state index < -0.39 is 0 Å². The van der Waals surface area contributed by atoms with Crippen molar-refractivity contribution in [2.45, 2.75) is 38.5 Å². The van der Waals surface area contributed by atoms with Crippen molar-refractivity contribution in [3.05, 3.63) is 35.4 Å². The smallest absolute Gasteiger partial charge is 0.00201 e. The molecule has 2 atom stereocenters. The zero-order chi connectivity index (χ0) is 13.7. The Hall–Kier alpha value is -0.860. The average molecular weight is 260 g/mol. The maximum atomic E-state index is 3.52. The summed E-state index contributed by atoms with van der Waals surface area (Å²) in [6.07, 6.45) is 2.63. The lowest BCUT2D eigenvalue weighted by molar-refractivity contribution is 0.457. The van der Waals surface area contributed by atoms with Crippen molar-refractivity contribution < 1.29 is 0 Å². The third-order valence-electron chi connectivity index (χ3n) is 4.34. The Bertz CT molecular complexity index is 381. The van der Waals surface area contributed by atoms with E-state index in [4.69, 9.17) is 0 Å². The average Bonchev–Trinajstić information content (AvgIpc) is 2.45. The molecule has 0 bridgehead atoms. The van der Waals surface area contributed by atoms with Crippen LogP contribution in [0.5, 0.6) is 0 Å². The number of rotatable bonds is 5. The van der Waals surface area contributed by atoms with Gasteiger partial charge in [-0.1, -0.05) is 38.1 Å². The summed E-state index contributed by atoms with van der Waals surface area (Å²) in [6, 6.07) is 9.28. The molecule has 2 unspecified atom stereocenters. The number of piperidine rings is 1. The summed E-state index contributed by atoms with van der Waals surface area (Å²) in [6.45, 7) is 8.02. The first-order valence-electron chi connectivity index (χ1n) is 7.67. The first-order valence-corrected chi connectivity index (χ1v) is 7.67. The second-order valence-corrected chi connectivity index (χ2v) is 6.12. The fourth-order valence-electron chi connectivity index (χ4n) is 3.14. The molecule has 2 rings (SSSR count). The van der Waals surface area contributed by atoms with E-state index in [0.29, 0.717) is 17.8 Å². The Morgan fingerprint density at radius 3 is 2.84 bits per heavy atom. The van der Waals surface area contributed by atoms with Crippen molar-refractivity contribution in [1.82, 2.24) is 10.6 Å². The molecule has 19 heavy (non-hydrogen) atoms. The van der Waals surface area contributed by atoms with Crippen molar-refractivity contribution in [2.24, 2.45) is 5.92 Å². The van der Waals surface area contributed by atoms with Gasteiger partial charge >= 0.3 is 0 Å². The van der Waals surface area contributed by atoms with Gasteiger partial charge in [0.2, 0.25) is 0 Å². The first kappa shape index (κ1) is 14.5. The molecule has 1 aromatic carbocycles. The van der Waals surface area contributed by atoms with Crippen molar-refractivity contribution in [3.63, 3.8) is 0 Å². The Morgan fingerprint density at radius 2 is 2.21 bits per heavy atom. The van der Waals surface area contributed by atoms with Crippen LogP contribution in [0.15, 0.2) is 24.3 Å². The summed E-state index contributed by atoms with van der Waals surface area (Å²) in [4.78, 5) is 0. The molecule has 1 saturated heterocycles. The van der Waals surface area contributed by atoms with Gasteiger partial charge in [0, 0.05) is 13.1 Å². The van der Waals surface area contributed by atoms with E-state index in [1.54, 1.807) is 0 Å². The summed E-state index contributed by atoms with van der Waals surface area (Å²) < 4.78 is 0. The maximum Gasteiger partial charge on any atom is 0.00201 e. The fourth-order valence-corrected chi connectivity index (χ4v) is 3.14. The Morgan fingerprint density at radius 1 is 1.37 bits per heavy atom. The quantitative estimate of drug-likeness (QED) is 0.850. The normalized spacial score (nSPS) is 21.6. The van der Waals surface area contributed by atoms with Crippen LogP contribution in [0.4, 0.5) is 0 Å². The van der Waals surface area contributed by atoms with Gasteiger partial charge in [-0.15, -0.1) is 0 Å². The summed E-state index contributed by atoms with van der Waals surface area (Å²) in [5, 5.41) is 6.85. The van der Waals surface area contributed by atoms with Gasteiger partial charge in [0.05, 0.1) is 0 Å². The van der Waals surface area contributed by atoms with Crippen LogP contribution < -0.4 is 10.6 Å². The van der Waals surface area contributed by atoms with Crippen LogP contribution in [0.1, 0.15) is 49.7 Å². The summed E-state index contributed by atoms with van der Waals surface area (Å²) >= 11 is 0. The Balaban J connectivity index is 2.17. The largest absolute Gasteiger partial charge is 0.319 e. The van der Waals surface area contributed by atoms with Crippen LogP contribution in [0, 0.1) is 5.92 Å². The molecule has 1 aliphatic rings. The zero-order valence-corrected chi connectivity index (χ0v) is 12.6. The third-order valence-corrected chi connectivity index (χ3v) is 4.34. The molecule has 106 valence electrons. The molecular formula is C17H28N2. The van der Waals surface area contributed by atoms with Crippen molar-refractivity contribution in [1.29, 1.82) is 0 Å². The Kier molecular flexibility index (Phi) is 5.41. The SMILES string of the molecule is CNCC(c1cccc(C2CCCNC2)c1)C(C)C. The lowest BCUT2D eigenvalue weighted by Gasteiger charge is -2.26. The van der Waals surface area contributed by atoms with E-state index in [-0.39, 0.29) is 0 Å². The molecule has 1 fully saturated rings. The summed E-state index contributed by atoms with van der Waals surface area (Å²) in [5.41, 5.74) is 3.01. The van der Waals surface area contributed by atoms with Gasteiger partial charge in [-0.25, -0.2) is 0 Å². The van der Waals surface area contributed by atoms with Crippen LogP contribution in [0.3, 0.4) is 0 Å². The molecule has 1 heterocycles. The van der Waals surface area contributed by atoms with Crippen molar-refractivity contribution in [2.75, 3.05) is 26.7 Å². The van der Waals surface area contributed by atoms with Gasteiger partial charge in [-0.05, 0) is 55.3 Å². The zero-order valence-electron chi connectivity index (χ0n) is 12.6. The number of hydrogen-bond donors (Lipinski definition) is 2. The van der Waals surface area contributed by atoms with E-state index >= 15 is 0 Å². The topological polar surface area (TPSA) is 24.1 Å². The second-order valence-electron chi connectivity index (χ2n) is 6.12. The van der Waals surface area contributed by atoms with Crippen LogP contribution in [0.25, 0.3) is 0 Å². The highest BCUT2D eigenvalue weighted by atomic mass is 14.9. The minimum atomic E-state index is 0.612. The summed E-state index contributed by atoms with van der Waals surface area (Å²) in [7, 11) is 2.05. The predicted octanol–water partition coefficient (Wildman–Crippen LogP) is 3.11. The van der Waals surface area contributed by atoms with Crippen molar-refractivity contribution in [3.8, 4) is 0 Å². The minimum Gasteiger partial charge on any atom is -0.319 e. The number of benzene rings is 1. The monoisotopic (exact) mass is 260 g/mol.